The van der Waals surface area contributed by atoms with Crippen molar-refractivity contribution in [2.24, 2.45) is 5.92 Å². The predicted octanol–water partition coefficient (Wildman–Crippen LogP) is 4.46. The van der Waals surface area contributed by atoms with Crippen molar-refractivity contribution in [1.82, 2.24) is 10.6 Å². The molecule has 0 aromatic heterocycles. The third-order valence-electron chi connectivity index (χ3n) is 6.22. The molecule has 2 aliphatic rings. The Bertz CT molecular complexity index is 860. The molecule has 1 saturated carbocycles. The Morgan fingerprint density at radius 1 is 1.03 bits per heavy atom. The van der Waals surface area contributed by atoms with Gasteiger partial charge in [0.25, 0.3) is 5.91 Å². The normalized spacial score (nSPS) is 23.6. The zero-order valence-corrected chi connectivity index (χ0v) is 18.1. The maximum absolute atomic E-state index is 12.8. The first kappa shape index (κ1) is 22.3. The van der Waals surface area contributed by atoms with Gasteiger partial charge in [0.15, 0.2) is 0 Å². The summed E-state index contributed by atoms with van der Waals surface area (Å²) < 4.78 is 0. The highest BCUT2D eigenvalue weighted by molar-refractivity contribution is 6.04. The molecule has 160 valence electrons. The first-order valence-corrected chi connectivity index (χ1v) is 10.6. The maximum atomic E-state index is 12.8. The molecule has 0 spiro atoms. The second kappa shape index (κ2) is 10.1. The van der Waals surface area contributed by atoms with Crippen molar-refractivity contribution in [3.05, 3.63) is 65.7 Å². The molecule has 0 radical (unpaired) electrons. The number of hydrogen-bond acceptors (Lipinski definition) is 3. The van der Waals surface area contributed by atoms with E-state index >= 15 is 0 Å². The van der Waals surface area contributed by atoms with E-state index in [-0.39, 0.29) is 36.3 Å². The molecular formula is C24H30ClN3O2. The van der Waals surface area contributed by atoms with Crippen LogP contribution in [0.2, 0.25) is 0 Å². The number of rotatable bonds is 5. The Labute approximate surface area is 184 Å². The molecule has 1 aliphatic heterocycles. The van der Waals surface area contributed by atoms with Crippen molar-refractivity contribution in [2.75, 3.05) is 5.32 Å². The third-order valence-corrected chi connectivity index (χ3v) is 6.22. The summed E-state index contributed by atoms with van der Waals surface area (Å²) in [5.41, 5.74) is 2.31. The van der Waals surface area contributed by atoms with E-state index in [9.17, 15) is 9.59 Å². The number of carbonyl (C=O) groups excluding carboxylic acids is 2. The van der Waals surface area contributed by atoms with Crippen LogP contribution in [-0.2, 0) is 4.79 Å². The highest BCUT2D eigenvalue weighted by Gasteiger charge is 2.38. The fraction of sp³-hybridized carbons (Fsp3) is 0.417. The van der Waals surface area contributed by atoms with Crippen LogP contribution in [0.4, 0.5) is 5.69 Å². The highest BCUT2D eigenvalue weighted by atomic mass is 35.5. The summed E-state index contributed by atoms with van der Waals surface area (Å²) in [4.78, 5) is 25.2. The van der Waals surface area contributed by atoms with Gasteiger partial charge in [-0.15, -0.1) is 12.4 Å². The van der Waals surface area contributed by atoms with Crippen LogP contribution < -0.4 is 16.0 Å². The highest BCUT2D eigenvalue weighted by Crippen LogP contribution is 2.33. The van der Waals surface area contributed by atoms with Gasteiger partial charge in [-0.1, -0.05) is 43.2 Å². The Kier molecular flexibility index (Phi) is 7.51. The number of nitrogens with one attached hydrogen (secondary N) is 3. The number of hydrogen-bond donors (Lipinski definition) is 3. The minimum Gasteiger partial charge on any atom is -0.348 e. The van der Waals surface area contributed by atoms with E-state index in [2.05, 4.69) is 16.0 Å². The van der Waals surface area contributed by atoms with E-state index in [0.717, 1.165) is 17.7 Å². The average Bonchev–Trinajstić information content (AvgIpc) is 3.19. The summed E-state index contributed by atoms with van der Waals surface area (Å²) in [6, 6.07) is 17.1. The zero-order valence-electron chi connectivity index (χ0n) is 17.3. The molecule has 3 N–H and O–H groups in total. The smallest absolute Gasteiger partial charge is 0.255 e. The van der Waals surface area contributed by atoms with Crippen LogP contribution in [0.15, 0.2) is 54.6 Å². The summed E-state index contributed by atoms with van der Waals surface area (Å²) >= 11 is 0. The van der Waals surface area contributed by atoms with Gasteiger partial charge in [0, 0.05) is 17.3 Å². The second-order valence-corrected chi connectivity index (χ2v) is 8.28. The van der Waals surface area contributed by atoms with Gasteiger partial charge >= 0.3 is 0 Å². The molecule has 2 aromatic carbocycles. The summed E-state index contributed by atoms with van der Waals surface area (Å²) in [6.07, 6.45) is 5.92. The second-order valence-electron chi connectivity index (χ2n) is 8.28. The number of amides is 2. The van der Waals surface area contributed by atoms with Crippen molar-refractivity contribution in [1.29, 1.82) is 0 Å². The molecule has 0 bridgehead atoms. The van der Waals surface area contributed by atoms with E-state index in [0.29, 0.717) is 17.5 Å². The van der Waals surface area contributed by atoms with Gasteiger partial charge in [-0.3, -0.25) is 9.59 Å². The molecule has 2 amide bonds. The number of carbonyl (C=O) groups is 2. The van der Waals surface area contributed by atoms with Gasteiger partial charge < -0.3 is 16.0 Å². The van der Waals surface area contributed by atoms with Gasteiger partial charge in [0.1, 0.15) is 0 Å². The van der Waals surface area contributed by atoms with Gasteiger partial charge in [-0.05, 0) is 61.9 Å². The molecule has 4 unspecified atom stereocenters. The zero-order chi connectivity index (χ0) is 20.2. The van der Waals surface area contributed by atoms with Crippen molar-refractivity contribution in [2.45, 2.75) is 57.2 Å². The van der Waals surface area contributed by atoms with Crippen LogP contribution in [0.25, 0.3) is 0 Å². The summed E-state index contributed by atoms with van der Waals surface area (Å²) in [7, 11) is 0. The summed E-state index contributed by atoms with van der Waals surface area (Å²) in [6.45, 7) is 1.98. The van der Waals surface area contributed by atoms with Crippen LogP contribution in [0.3, 0.4) is 0 Å². The van der Waals surface area contributed by atoms with E-state index in [1.54, 1.807) is 12.1 Å². The standard InChI is InChI=1S/C24H29N3O2.ClH/c1-16(25-24(29)22-15-19-10-5-6-13-21(19)27-22)18-11-7-12-20(14-18)26-23(28)17-8-3-2-4-9-17;/h2-4,7-9,11-12,14,16,19,21-22,27H,5-6,10,13,15H2,1H3,(H,25,29)(H,26,28);1H. The third kappa shape index (κ3) is 5.21. The molecule has 1 aliphatic carbocycles. The lowest BCUT2D eigenvalue weighted by atomic mass is 9.85. The Hall–Kier alpha value is -2.37. The molecule has 5 nitrogen and oxygen atoms in total. The maximum Gasteiger partial charge on any atom is 0.255 e. The van der Waals surface area contributed by atoms with Crippen LogP contribution in [0.5, 0.6) is 0 Å². The SMILES string of the molecule is CC(NC(=O)C1CC2CCCCC2N1)c1cccc(NC(=O)c2ccccc2)c1.Cl. The number of anilines is 1. The minimum atomic E-state index is -0.141. The molecule has 2 aromatic rings. The number of halogens is 1. The van der Waals surface area contributed by atoms with Gasteiger partial charge in [-0.25, -0.2) is 0 Å². The minimum absolute atomic E-state index is 0. The predicted molar refractivity (Wildman–Crippen MR) is 122 cm³/mol. The van der Waals surface area contributed by atoms with E-state index in [4.69, 9.17) is 0 Å². The first-order chi connectivity index (χ1) is 14.1. The molecule has 2 fully saturated rings. The van der Waals surface area contributed by atoms with Gasteiger partial charge in [0.05, 0.1) is 12.1 Å². The Morgan fingerprint density at radius 3 is 2.57 bits per heavy atom. The van der Waals surface area contributed by atoms with E-state index in [1.807, 2.05) is 49.4 Å². The van der Waals surface area contributed by atoms with Crippen LogP contribution in [0.1, 0.15) is 61.0 Å². The topological polar surface area (TPSA) is 70.2 Å². The van der Waals surface area contributed by atoms with Crippen molar-refractivity contribution in [3.63, 3.8) is 0 Å². The Morgan fingerprint density at radius 2 is 1.80 bits per heavy atom. The number of fused-ring (bicyclic) bond motifs is 1. The van der Waals surface area contributed by atoms with E-state index < -0.39 is 0 Å². The lowest BCUT2D eigenvalue weighted by Gasteiger charge is -2.24. The van der Waals surface area contributed by atoms with Crippen LogP contribution in [-0.4, -0.2) is 23.9 Å². The lowest BCUT2D eigenvalue weighted by Crippen LogP contribution is -2.43. The molecule has 4 atom stereocenters. The van der Waals surface area contributed by atoms with Crippen molar-refractivity contribution < 1.29 is 9.59 Å². The lowest BCUT2D eigenvalue weighted by molar-refractivity contribution is -0.123. The fourth-order valence-electron chi connectivity index (χ4n) is 4.60. The molecule has 1 saturated heterocycles. The monoisotopic (exact) mass is 427 g/mol. The van der Waals surface area contributed by atoms with Crippen LogP contribution >= 0.6 is 12.4 Å². The van der Waals surface area contributed by atoms with Crippen molar-refractivity contribution >= 4 is 29.9 Å². The van der Waals surface area contributed by atoms with Crippen molar-refractivity contribution in [3.8, 4) is 0 Å². The summed E-state index contributed by atoms with van der Waals surface area (Å²) in [5, 5.41) is 9.61. The van der Waals surface area contributed by atoms with Gasteiger partial charge in [0.2, 0.25) is 5.91 Å². The van der Waals surface area contributed by atoms with Crippen LogP contribution in [0, 0.1) is 5.92 Å². The molecule has 1 heterocycles. The molecular weight excluding hydrogens is 398 g/mol. The molecule has 6 heteroatoms. The fourth-order valence-corrected chi connectivity index (χ4v) is 4.60. The average molecular weight is 428 g/mol. The molecule has 30 heavy (non-hydrogen) atoms. The number of benzene rings is 2. The quantitative estimate of drug-likeness (QED) is 0.659. The molecule has 4 rings (SSSR count). The van der Waals surface area contributed by atoms with Gasteiger partial charge in [-0.2, -0.15) is 0 Å². The Balaban J connectivity index is 0.00000256. The first-order valence-electron chi connectivity index (χ1n) is 10.6. The van der Waals surface area contributed by atoms with E-state index in [1.165, 1.54) is 25.7 Å². The largest absolute Gasteiger partial charge is 0.348 e. The summed E-state index contributed by atoms with van der Waals surface area (Å²) in [5.74, 6) is 0.578.